The lowest BCUT2D eigenvalue weighted by molar-refractivity contribution is -0.0207. The van der Waals surface area contributed by atoms with Gasteiger partial charge in [-0.15, -0.1) is 0 Å². The van der Waals surface area contributed by atoms with Crippen LogP contribution in [0.4, 0.5) is 0 Å². The standard InChI is InChI=1S/C28H29N3O2/c1-20-11-12-25-23(16-20)24-18-30(3)15-13-26(24)31(25)19-28(2,22-10-7-14-29-17-22)33-27(32)21-8-5-4-6-9-21/h4-12,14,16-17H,13,15,18-19H2,1-3H3. The normalized spacial score (nSPS) is 15.7. The highest BCUT2D eigenvalue weighted by Gasteiger charge is 2.35. The second kappa shape index (κ2) is 8.49. The third-order valence-electron chi connectivity index (χ3n) is 6.66. The third-order valence-corrected chi connectivity index (χ3v) is 6.66. The Morgan fingerprint density at radius 3 is 2.70 bits per heavy atom. The Hall–Kier alpha value is -3.44. The predicted molar refractivity (Wildman–Crippen MR) is 130 cm³/mol. The average Bonchev–Trinajstić information content (AvgIpc) is 3.11. The first-order valence-corrected chi connectivity index (χ1v) is 11.4. The van der Waals surface area contributed by atoms with Crippen LogP contribution in [-0.4, -0.2) is 34.0 Å². The molecular weight excluding hydrogens is 410 g/mol. The lowest BCUT2D eigenvalue weighted by Crippen LogP contribution is -2.36. The molecule has 0 saturated heterocycles. The van der Waals surface area contributed by atoms with Crippen LogP contribution >= 0.6 is 0 Å². The molecule has 0 spiro atoms. The van der Waals surface area contributed by atoms with Gasteiger partial charge in [0.2, 0.25) is 0 Å². The second-order valence-corrected chi connectivity index (χ2v) is 9.25. The summed E-state index contributed by atoms with van der Waals surface area (Å²) in [6, 6.07) is 19.7. The Morgan fingerprint density at radius 1 is 1.12 bits per heavy atom. The molecule has 0 N–H and O–H groups in total. The van der Waals surface area contributed by atoms with Crippen LogP contribution in [0.2, 0.25) is 0 Å². The Morgan fingerprint density at radius 2 is 1.94 bits per heavy atom. The van der Waals surface area contributed by atoms with E-state index < -0.39 is 5.60 Å². The number of aryl methyl sites for hydroxylation is 1. The summed E-state index contributed by atoms with van der Waals surface area (Å²) >= 11 is 0. The van der Waals surface area contributed by atoms with Crippen molar-refractivity contribution in [2.75, 3.05) is 13.6 Å². The van der Waals surface area contributed by atoms with Gasteiger partial charge in [-0.25, -0.2) is 4.79 Å². The number of esters is 1. The first kappa shape index (κ1) is 21.4. The van der Waals surface area contributed by atoms with Crippen molar-refractivity contribution in [3.8, 4) is 0 Å². The largest absolute Gasteiger partial charge is 0.449 e. The molecule has 1 aliphatic rings. The Balaban J connectivity index is 1.61. The Bertz CT molecular complexity index is 1300. The van der Waals surface area contributed by atoms with Gasteiger partial charge in [-0.1, -0.05) is 35.9 Å². The van der Waals surface area contributed by atoms with Gasteiger partial charge >= 0.3 is 5.97 Å². The summed E-state index contributed by atoms with van der Waals surface area (Å²) in [6.07, 6.45) is 4.51. The minimum atomic E-state index is -0.880. The van der Waals surface area contributed by atoms with Crippen molar-refractivity contribution in [3.63, 3.8) is 0 Å². The van der Waals surface area contributed by atoms with E-state index in [1.54, 1.807) is 24.5 Å². The fraction of sp³-hybridized carbons (Fsp3) is 0.286. The molecule has 33 heavy (non-hydrogen) atoms. The summed E-state index contributed by atoms with van der Waals surface area (Å²) in [7, 11) is 2.17. The molecule has 5 rings (SSSR count). The zero-order valence-electron chi connectivity index (χ0n) is 19.4. The molecule has 5 heteroatoms. The number of hydrogen-bond donors (Lipinski definition) is 0. The number of fused-ring (bicyclic) bond motifs is 3. The molecule has 0 saturated carbocycles. The van der Waals surface area contributed by atoms with Gasteiger partial charge in [-0.3, -0.25) is 4.98 Å². The number of nitrogens with zero attached hydrogens (tertiary/aromatic N) is 3. The van der Waals surface area contributed by atoms with Crippen molar-refractivity contribution < 1.29 is 9.53 Å². The van der Waals surface area contributed by atoms with Crippen LogP contribution in [-0.2, 0) is 29.8 Å². The molecular formula is C28H29N3O2. The summed E-state index contributed by atoms with van der Waals surface area (Å²) in [6.45, 7) is 6.59. The summed E-state index contributed by atoms with van der Waals surface area (Å²) in [5.41, 5.74) is 5.70. The van der Waals surface area contributed by atoms with Crippen molar-refractivity contribution in [1.29, 1.82) is 0 Å². The van der Waals surface area contributed by atoms with Crippen molar-refractivity contribution in [2.24, 2.45) is 0 Å². The number of rotatable bonds is 5. The van der Waals surface area contributed by atoms with Gasteiger partial charge in [-0.2, -0.15) is 0 Å². The van der Waals surface area contributed by atoms with Gasteiger partial charge in [-0.05, 0) is 56.8 Å². The topological polar surface area (TPSA) is 47.4 Å². The lowest BCUT2D eigenvalue weighted by Gasteiger charge is -2.32. The van der Waals surface area contributed by atoms with Crippen LogP contribution in [0.15, 0.2) is 73.1 Å². The van der Waals surface area contributed by atoms with E-state index in [0.29, 0.717) is 12.1 Å². The van der Waals surface area contributed by atoms with Gasteiger partial charge in [0.25, 0.3) is 0 Å². The lowest BCUT2D eigenvalue weighted by atomic mass is 9.96. The number of likely N-dealkylation sites (N-methyl/N-ethyl adjacent to an activating group) is 1. The van der Waals surface area contributed by atoms with Gasteiger partial charge < -0.3 is 14.2 Å². The van der Waals surface area contributed by atoms with E-state index in [9.17, 15) is 4.79 Å². The first-order valence-electron chi connectivity index (χ1n) is 11.4. The SMILES string of the molecule is Cc1ccc2c(c1)c1c(n2CC(C)(OC(=O)c2ccccc2)c2cccnc2)CCN(C)C1. The fourth-order valence-electron chi connectivity index (χ4n) is 4.88. The van der Waals surface area contributed by atoms with Crippen LogP contribution in [0, 0.1) is 6.92 Å². The predicted octanol–water partition coefficient (Wildman–Crippen LogP) is 5.11. The number of carbonyl (C=O) groups excluding carboxylic acids is 1. The van der Waals surface area contributed by atoms with Crippen LogP contribution in [0.3, 0.4) is 0 Å². The highest BCUT2D eigenvalue weighted by atomic mass is 16.6. The summed E-state index contributed by atoms with van der Waals surface area (Å²) in [5.74, 6) is -0.331. The number of hydrogen-bond acceptors (Lipinski definition) is 4. The molecule has 4 aromatic rings. The minimum absolute atomic E-state index is 0.331. The molecule has 5 nitrogen and oxygen atoms in total. The van der Waals surface area contributed by atoms with Gasteiger partial charge in [0.05, 0.1) is 12.1 Å². The molecule has 0 fully saturated rings. The molecule has 0 aliphatic carbocycles. The van der Waals surface area contributed by atoms with E-state index in [1.165, 1.54) is 27.7 Å². The quantitative estimate of drug-likeness (QED) is 0.406. The minimum Gasteiger partial charge on any atom is -0.449 e. The van der Waals surface area contributed by atoms with E-state index in [0.717, 1.165) is 25.1 Å². The molecule has 0 amide bonds. The molecule has 3 heterocycles. The zero-order chi connectivity index (χ0) is 23.0. The summed E-state index contributed by atoms with van der Waals surface area (Å²) in [5, 5.41) is 1.29. The maximum Gasteiger partial charge on any atom is 0.339 e. The van der Waals surface area contributed by atoms with Crippen LogP contribution in [0.1, 0.15) is 39.7 Å². The first-order chi connectivity index (χ1) is 15.9. The smallest absolute Gasteiger partial charge is 0.339 e. The van der Waals surface area contributed by atoms with Crippen LogP contribution < -0.4 is 0 Å². The molecule has 1 unspecified atom stereocenters. The summed E-state index contributed by atoms with van der Waals surface area (Å²) < 4.78 is 8.62. The zero-order valence-corrected chi connectivity index (χ0v) is 19.4. The van der Waals surface area contributed by atoms with E-state index in [2.05, 4.69) is 46.6 Å². The van der Waals surface area contributed by atoms with Crippen molar-refractivity contribution in [3.05, 3.63) is 101 Å². The molecule has 2 aromatic heterocycles. The number of carbonyl (C=O) groups is 1. The van der Waals surface area contributed by atoms with Crippen LogP contribution in [0.25, 0.3) is 10.9 Å². The number of ether oxygens (including phenoxy) is 1. The van der Waals surface area contributed by atoms with E-state index in [1.807, 2.05) is 37.3 Å². The van der Waals surface area contributed by atoms with E-state index in [4.69, 9.17) is 4.74 Å². The van der Waals surface area contributed by atoms with Gasteiger partial charge in [0.15, 0.2) is 5.60 Å². The Labute approximate surface area is 194 Å². The monoisotopic (exact) mass is 439 g/mol. The number of pyridine rings is 1. The molecule has 1 aliphatic heterocycles. The molecule has 2 aromatic carbocycles. The van der Waals surface area contributed by atoms with Gasteiger partial charge in [0, 0.05) is 54.1 Å². The van der Waals surface area contributed by atoms with Crippen molar-refractivity contribution in [1.82, 2.24) is 14.5 Å². The van der Waals surface area contributed by atoms with Gasteiger partial charge in [0.1, 0.15) is 0 Å². The molecule has 0 radical (unpaired) electrons. The van der Waals surface area contributed by atoms with E-state index >= 15 is 0 Å². The maximum absolute atomic E-state index is 13.1. The number of benzene rings is 2. The van der Waals surface area contributed by atoms with Crippen LogP contribution in [0.5, 0.6) is 0 Å². The molecule has 0 bridgehead atoms. The van der Waals surface area contributed by atoms with Crippen molar-refractivity contribution in [2.45, 2.75) is 39.0 Å². The summed E-state index contributed by atoms with van der Waals surface area (Å²) in [4.78, 5) is 19.8. The average molecular weight is 440 g/mol. The third kappa shape index (κ3) is 4.05. The maximum atomic E-state index is 13.1. The molecule has 168 valence electrons. The highest BCUT2D eigenvalue weighted by Crippen LogP contribution is 2.36. The Kier molecular flexibility index (Phi) is 5.51. The highest BCUT2D eigenvalue weighted by molar-refractivity contribution is 5.90. The number of aromatic nitrogens is 2. The van der Waals surface area contributed by atoms with Crippen molar-refractivity contribution >= 4 is 16.9 Å². The second-order valence-electron chi connectivity index (χ2n) is 9.25. The van der Waals surface area contributed by atoms with E-state index in [-0.39, 0.29) is 5.97 Å². The fourth-order valence-corrected chi connectivity index (χ4v) is 4.88. The molecule has 1 atom stereocenters.